The van der Waals surface area contributed by atoms with Crippen LogP contribution >= 0.6 is 22.7 Å². The summed E-state index contributed by atoms with van der Waals surface area (Å²) < 4.78 is 6.82. The van der Waals surface area contributed by atoms with Crippen LogP contribution in [0.2, 0.25) is 0 Å². The molecule has 3 aromatic rings. The predicted octanol–water partition coefficient (Wildman–Crippen LogP) is 2.37. The average molecular weight is 478 g/mol. The average Bonchev–Trinajstić information content (AvgIpc) is 3.51. The number of para-hydroxylation sites is 1. The van der Waals surface area contributed by atoms with Gasteiger partial charge in [0.1, 0.15) is 10.6 Å². The van der Waals surface area contributed by atoms with Crippen LogP contribution in [-0.2, 0) is 14.3 Å². The molecule has 1 amide bonds. The van der Waals surface area contributed by atoms with Gasteiger partial charge in [0.2, 0.25) is 0 Å². The highest BCUT2D eigenvalue weighted by Gasteiger charge is 2.37. The van der Waals surface area contributed by atoms with Crippen molar-refractivity contribution in [3.05, 3.63) is 95.8 Å². The molecule has 166 valence electrons. The van der Waals surface area contributed by atoms with Crippen molar-refractivity contribution < 1.29 is 14.3 Å². The molecule has 0 aliphatic carbocycles. The van der Waals surface area contributed by atoms with E-state index in [2.05, 4.69) is 11.6 Å². The molecule has 9 heteroatoms. The van der Waals surface area contributed by atoms with Crippen LogP contribution < -0.4 is 19.8 Å². The van der Waals surface area contributed by atoms with Gasteiger partial charge in [0.05, 0.1) is 29.6 Å². The van der Waals surface area contributed by atoms with E-state index in [1.165, 1.54) is 23.0 Å². The Morgan fingerprint density at radius 3 is 2.73 bits per heavy atom. The Balaban J connectivity index is 1.84. The molecule has 2 aliphatic heterocycles. The maximum Gasteiger partial charge on any atom is 0.338 e. The first-order valence-electron chi connectivity index (χ1n) is 10.2. The zero-order valence-corrected chi connectivity index (χ0v) is 19.5. The molecule has 2 aromatic heterocycles. The number of allylic oxidation sites excluding steroid dienone is 1. The number of aromatic nitrogens is 1. The van der Waals surface area contributed by atoms with Gasteiger partial charge in [-0.25, -0.2) is 9.79 Å². The zero-order chi connectivity index (χ0) is 23.3. The number of hydrogen-bond donors (Lipinski definition) is 0. The largest absolute Gasteiger partial charge is 0.466 e. The van der Waals surface area contributed by atoms with Gasteiger partial charge < -0.3 is 9.64 Å². The van der Waals surface area contributed by atoms with Gasteiger partial charge in [0.15, 0.2) is 4.80 Å². The number of amides is 1. The monoisotopic (exact) mass is 477 g/mol. The van der Waals surface area contributed by atoms with Crippen molar-refractivity contribution in [2.45, 2.75) is 13.0 Å². The second-order valence-electron chi connectivity index (χ2n) is 7.51. The number of rotatable bonds is 4. The Morgan fingerprint density at radius 1 is 1.24 bits per heavy atom. The van der Waals surface area contributed by atoms with E-state index in [0.717, 1.165) is 21.9 Å². The second-order valence-corrected chi connectivity index (χ2v) is 9.46. The molecule has 33 heavy (non-hydrogen) atoms. The van der Waals surface area contributed by atoms with E-state index in [1.807, 2.05) is 41.8 Å². The molecule has 1 unspecified atom stereocenters. The number of anilines is 1. The number of benzene rings is 1. The zero-order valence-electron chi connectivity index (χ0n) is 17.9. The predicted molar refractivity (Wildman–Crippen MR) is 128 cm³/mol. The minimum absolute atomic E-state index is 0.252. The molecular weight excluding hydrogens is 458 g/mol. The summed E-state index contributed by atoms with van der Waals surface area (Å²) in [5.74, 6) is -0.787. The fourth-order valence-corrected chi connectivity index (χ4v) is 6.23. The minimum atomic E-state index is -0.668. The third-order valence-electron chi connectivity index (χ3n) is 5.68. The fourth-order valence-electron chi connectivity index (χ4n) is 4.27. The van der Waals surface area contributed by atoms with Crippen molar-refractivity contribution in [3.8, 4) is 0 Å². The Bertz CT molecular complexity index is 1530. The number of carbonyl (C=O) groups is 2. The highest BCUT2D eigenvalue weighted by molar-refractivity contribution is 7.10. The Hall–Kier alpha value is -3.56. The molecule has 0 saturated carbocycles. The van der Waals surface area contributed by atoms with Crippen LogP contribution in [0.3, 0.4) is 0 Å². The standard InChI is InChI=1S/C24H19N3O4S2/c1-4-11-26-15-9-6-5-8-14(15)18(21(26)28)20-22(29)27-19(16-10-7-12-32-16)17(23(30)31-3)13(2)25-24(27)33-20/h4-10,12,19H,1,11H2,2-3H3/b20-18+. The van der Waals surface area contributed by atoms with Crippen LogP contribution in [-0.4, -0.2) is 30.1 Å². The molecular formula is C24H19N3O4S2. The molecule has 1 aromatic carbocycles. The number of esters is 1. The molecule has 5 rings (SSSR count). The second kappa shape index (κ2) is 8.09. The van der Waals surface area contributed by atoms with Crippen LogP contribution in [0, 0.1) is 0 Å². The van der Waals surface area contributed by atoms with Crippen molar-refractivity contribution in [1.29, 1.82) is 0 Å². The normalized spacial score (nSPS) is 18.7. The molecule has 0 bridgehead atoms. The summed E-state index contributed by atoms with van der Waals surface area (Å²) in [5.41, 5.74) is 2.24. The number of hydrogen-bond acceptors (Lipinski definition) is 7. The lowest BCUT2D eigenvalue weighted by molar-refractivity contribution is -0.136. The van der Waals surface area contributed by atoms with Crippen molar-refractivity contribution in [1.82, 2.24) is 4.57 Å². The topological polar surface area (TPSA) is 81.0 Å². The van der Waals surface area contributed by atoms with Gasteiger partial charge in [0, 0.05) is 17.0 Å². The Labute approximate surface area is 196 Å². The number of fused-ring (bicyclic) bond motifs is 2. The molecule has 0 radical (unpaired) electrons. The van der Waals surface area contributed by atoms with Crippen LogP contribution in [0.5, 0.6) is 0 Å². The summed E-state index contributed by atoms with van der Waals surface area (Å²) in [6, 6.07) is 10.5. The third kappa shape index (κ3) is 3.15. The minimum Gasteiger partial charge on any atom is -0.466 e. The number of thiophene rings is 1. The maximum atomic E-state index is 13.8. The van der Waals surface area contributed by atoms with E-state index in [9.17, 15) is 14.4 Å². The van der Waals surface area contributed by atoms with Gasteiger partial charge in [-0.1, -0.05) is 41.7 Å². The van der Waals surface area contributed by atoms with Crippen molar-refractivity contribution in [2.24, 2.45) is 4.99 Å². The van der Waals surface area contributed by atoms with E-state index in [4.69, 9.17) is 4.74 Å². The van der Waals surface area contributed by atoms with Crippen LogP contribution in [0.4, 0.5) is 5.69 Å². The van der Waals surface area contributed by atoms with E-state index >= 15 is 0 Å². The Kier molecular flexibility index (Phi) is 5.22. The molecule has 0 N–H and O–H groups in total. The van der Waals surface area contributed by atoms with E-state index in [1.54, 1.807) is 17.9 Å². The highest BCUT2D eigenvalue weighted by atomic mass is 32.1. The number of nitrogens with zero attached hydrogens (tertiary/aromatic N) is 3. The number of carbonyl (C=O) groups excluding carboxylic acids is 2. The lowest BCUT2D eigenvalue weighted by Gasteiger charge is -2.22. The summed E-state index contributed by atoms with van der Waals surface area (Å²) in [4.78, 5) is 47.3. The molecule has 1 atom stereocenters. The third-order valence-corrected chi connectivity index (χ3v) is 7.66. The number of thiazole rings is 1. The maximum absolute atomic E-state index is 13.8. The smallest absolute Gasteiger partial charge is 0.338 e. The molecule has 7 nitrogen and oxygen atoms in total. The Morgan fingerprint density at radius 2 is 2.03 bits per heavy atom. The number of ether oxygens (including phenoxy) is 1. The SMILES string of the molecule is C=CCN1C(=O)/C(=c2/sc3n(c2=O)C(c2cccs2)C(C(=O)OC)=C(C)N=3)c2ccccc21. The summed E-state index contributed by atoms with van der Waals surface area (Å²) in [7, 11) is 1.31. The lowest BCUT2D eigenvalue weighted by atomic mass is 10.0. The van der Waals surface area contributed by atoms with Gasteiger partial charge in [-0.05, 0) is 24.4 Å². The first-order chi connectivity index (χ1) is 16.0. The first kappa shape index (κ1) is 21.3. The number of methoxy groups -OCH3 is 1. The summed E-state index contributed by atoms with van der Waals surface area (Å²) in [5, 5.41) is 1.89. The first-order valence-corrected chi connectivity index (χ1v) is 11.9. The van der Waals surface area contributed by atoms with E-state index in [0.29, 0.717) is 38.3 Å². The highest BCUT2D eigenvalue weighted by Crippen LogP contribution is 2.36. The molecule has 0 fully saturated rings. The van der Waals surface area contributed by atoms with Gasteiger partial charge in [-0.3, -0.25) is 14.2 Å². The van der Waals surface area contributed by atoms with Crippen LogP contribution in [0.1, 0.15) is 23.4 Å². The van der Waals surface area contributed by atoms with Gasteiger partial charge in [-0.2, -0.15) is 0 Å². The van der Waals surface area contributed by atoms with Gasteiger partial charge in [-0.15, -0.1) is 17.9 Å². The van der Waals surface area contributed by atoms with Gasteiger partial charge in [0.25, 0.3) is 11.5 Å². The quantitative estimate of drug-likeness (QED) is 0.427. The van der Waals surface area contributed by atoms with Crippen LogP contribution in [0.15, 0.2) is 75.5 Å². The molecule has 0 spiro atoms. The van der Waals surface area contributed by atoms with Gasteiger partial charge >= 0.3 is 5.97 Å². The molecule has 2 aliphatic rings. The fraction of sp³-hybridized carbons (Fsp3) is 0.167. The van der Waals surface area contributed by atoms with Crippen LogP contribution in [0.25, 0.3) is 5.57 Å². The van der Waals surface area contributed by atoms with Crippen molar-refractivity contribution >= 4 is 45.8 Å². The summed E-state index contributed by atoms with van der Waals surface area (Å²) in [6.07, 6.45) is 1.65. The summed E-state index contributed by atoms with van der Waals surface area (Å²) >= 11 is 2.61. The van der Waals surface area contributed by atoms with Crippen molar-refractivity contribution in [2.75, 3.05) is 18.6 Å². The molecule has 4 heterocycles. The summed E-state index contributed by atoms with van der Waals surface area (Å²) in [6.45, 7) is 5.82. The van der Waals surface area contributed by atoms with E-state index in [-0.39, 0.29) is 11.5 Å². The van der Waals surface area contributed by atoms with Crippen molar-refractivity contribution in [3.63, 3.8) is 0 Å². The lowest BCUT2D eigenvalue weighted by Crippen LogP contribution is -2.40. The molecule has 0 saturated heterocycles. The van der Waals surface area contributed by atoms with E-state index < -0.39 is 12.0 Å².